The molecule has 1 fully saturated rings. The number of nitrogens with zero attached hydrogens (tertiary/aromatic N) is 2. The molecule has 0 radical (unpaired) electrons. The lowest BCUT2D eigenvalue weighted by atomic mass is 9.96. The standard InChI is InChI=1S/C14H27N3O2S/c1-4-16(5-2)13(18)12-7-6-9-17(11-12)14(20)15-8-10-19-3/h12H,4-11H2,1-3H3,(H,15,20). The first-order valence-corrected chi connectivity index (χ1v) is 7.85. The van der Waals surface area contributed by atoms with E-state index >= 15 is 0 Å². The number of carbonyl (C=O) groups excluding carboxylic acids is 1. The monoisotopic (exact) mass is 301 g/mol. The molecular formula is C14H27N3O2S. The maximum Gasteiger partial charge on any atom is 0.227 e. The molecule has 1 N–H and O–H groups in total. The molecular weight excluding hydrogens is 274 g/mol. The van der Waals surface area contributed by atoms with Crippen LogP contribution < -0.4 is 5.32 Å². The Kier molecular flexibility index (Phi) is 7.84. The van der Waals surface area contributed by atoms with Crippen molar-refractivity contribution in [2.45, 2.75) is 26.7 Å². The van der Waals surface area contributed by atoms with Crippen molar-refractivity contribution in [3.8, 4) is 0 Å². The molecule has 0 aromatic rings. The van der Waals surface area contributed by atoms with Crippen molar-refractivity contribution < 1.29 is 9.53 Å². The van der Waals surface area contributed by atoms with Crippen LogP contribution in [0.25, 0.3) is 0 Å². The number of ether oxygens (including phenoxy) is 1. The second-order valence-electron chi connectivity index (χ2n) is 5.02. The Balaban J connectivity index is 2.49. The van der Waals surface area contributed by atoms with Gasteiger partial charge in [0.1, 0.15) is 0 Å². The van der Waals surface area contributed by atoms with Gasteiger partial charge < -0.3 is 19.9 Å². The Morgan fingerprint density at radius 2 is 2.15 bits per heavy atom. The van der Waals surface area contributed by atoms with E-state index in [9.17, 15) is 4.79 Å². The van der Waals surface area contributed by atoms with Crippen LogP contribution in [0.2, 0.25) is 0 Å². The molecule has 0 aromatic carbocycles. The predicted octanol–water partition coefficient (Wildman–Crippen LogP) is 1.09. The van der Waals surface area contributed by atoms with E-state index in [0.29, 0.717) is 13.2 Å². The summed E-state index contributed by atoms with van der Waals surface area (Å²) in [5, 5.41) is 3.91. The van der Waals surface area contributed by atoms with Crippen molar-refractivity contribution in [1.82, 2.24) is 15.1 Å². The lowest BCUT2D eigenvalue weighted by Crippen LogP contribution is -2.50. The first-order chi connectivity index (χ1) is 9.63. The van der Waals surface area contributed by atoms with Gasteiger partial charge in [0.2, 0.25) is 5.91 Å². The van der Waals surface area contributed by atoms with Gasteiger partial charge in [-0.15, -0.1) is 0 Å². The average molecular weight is 301 g/mol. The summed E-state index contributed by atoms with van der Waals surface area (Å²) in [6.07, 6.45) is 1.98. The molecule has 0 saturated carbocycles. The van der Waals surface area contributed by atoms with Crippen molar-refractivity contribution >= 4 is 23.2 Å². The minimum Gasteiger partial charge on any atom is -0.383 e. The van der Waals surface area contributed by atoms with Gasteiger partial charge in [-0.1, -0.05) is 0 Å². The number of hydrogen-bond acceptors (Lipinski definition) is 3. The molecule has 1 atom stereocenters. The van der Waals surface area contributed by atoms with Gasteiger partial charge in [0.25, 0.3) is 0 Å². The van der Waals surface area contributed by atoms with Crippen LogP contribution >= 0.6 is 12.2 Å². The highest BCUT2D eigenvalue weighted by Gasteiger charge is 2.29. The van der Waals surface area contributed by atoms with E-state index < -0.39 is 0 Å². The SMILES string of the molecule is CCN(CC)C(=O)C1CCCN(C(=S)NCCOC)C1. The molecule has 1 heterocycles. The summed E-state index contributed by atoms with van der Waals surface area (Å²) in [6, 6.07) is 0. The van der Waals surface area contributed by atoms with Crippen LogP contribution in [-0.4, -0.2) is 67.3 Å². The molecule has 1 amide bonds. The molecule has 1 aliphatic rings. The summed E-state index contributed by atoms with van der Waals surface area (Å²) in [7, 11) is 1.67. The van der Waals surface area contributed by atoms with Crippen LogP contribution in [0, 0.1) is 5.92 Å². The quantitative estimate of drug-likeness (QED) is 0.588. The van der Waals surface area contributed by atoms with E-state index in [-0.39, 0.29) is 11.8 Å². The van der Waals surface area contributed by atoms with Gasteiger partial charge in [0, 0.05) is 39.8 Å². The summed E-state index contributed by atoms with van der Waals surface area (Å²) in [5.74, 6) is 0.338. The van der Waals surface area contributed by atoms with Gasteiger partial charge in [-0.05, 0) is 38.9 Å². The number of methoxy groups -OCH3 is 1. The summed E-state index contributed by atoms with van der Waals surface area (Å²) in [6.45, 7) is 8.62. The number of hydrogen-bond donors (Lipinski definition) is 1. The number of carbonyl (C=O) groups is 1. The summed E-state index contributed by atoms with van der Waals surface area (Å²) in [5.41, 5.74) is 0. The molecule has 0 aliphatic carbocycles. The molecule has 1 saturated heterocycles. The maximum atomic E-state index is 12.4. The van der Waals surface area contributed by atoms with Crippen LogP contribution in [0.5, 0.6) is 0 Å². The van der Waals surface area contributed by atoms with Crippen molar-refractivity contribution in [2.24, 2.45) is 5.92 Å². The third-order valence-corrected chi connectivity index (χ3v) is 4.12. The highest BCUT2D eigenvalue weighted by atomic mass is 32.1. The normalized spacial score (nSPS) is 18.8. The zero-order valence-corrected chi connectivity index (χ0v) is 13.7. The summed E-state index contributed by atoms with van der Waals surface area (Å²) < 4.78 is 5.00. The first-order valence-electron chi connectivity index (χ1n) is 7.44. The fourth-order valence-corrected chi connectivity index (χ4v) is 2.80. The highest BCUT2D eigenvalue weighted by Crippen LogP contribution is 2.19. The third kappa shape index (κ3) is 4.90. The van der Waals surface area contributed by atoms with Gasteiger partial charge in [-0.25, -0.2) is 0 Å². The second kappa shape index (κ2) is 9.13. The van der Waals surface area contributed by atoms with E-state index in [1.54, 1.807) is 7.11 Å². The molecule has 116 valence electrons. The lowest BCUT2D eigenvalue weighted by molar-refractivity contribution is -0.136. The minimum absolute atomic E-state index is 0.0748. The number of thiocarbonyl (C=S) groups is 1. The number of nitrogens with one attached hydrogen (secondary N) is 1. The largest absolute Gasteiger partial charge is 0.383 e. The molecule has 1 unspecified atom stereocenters. The molecule has 1 aliphatic heterocycles. The molecule has 1 rings (SSSR count). The fraction of sp³-hybridized carbons (Fsp3) is 0.857. The van der Waals surface area contributed by atoms with Crippen LogP contribution in [0.4, 0.5) is 0 Å². The van der Waals surface area contributed by atoms with Gasteiger partial charge in [0.05, 0.1) is 12.5 Å². The maximum absolute atomic E-state index is 12.4. The van der Waals surface area contributed by atoms with Crippen LogP contribution in [0.3, 0.4) is 0 Å². The zero-order valence-electron chi connectivity index (χ0n) is 12.9. The van der Waals surface area contributed by atoms with Crippen molar-refractivity contribution in [1.29, 1.82) is 0 Å². The number of rotatable bonds is 6. The third-order valence-electron chi connectivity index (χ3n) is 3.72. The Labute approximate surface area is 127 Å². The number of piperidine rings is 1. The van der Waals surface area contributed by atoms with Gasteiger partial charge in [-0.3, -0.25) is 4.79 Å². The molecule has 0 bridgehead atoms. The smallest absolute Gasteiger partial charge is 0.227 e. The Morgan fingerprint density at radius 1 is 1.45 bits per heavy atom. The second-order valence-corrected chi connectivity index (χ2v) is 5.41. The molecule has 20 heavy (non-hydrogen) atoms. The first kappa shape index (κ1) is 17.2. The van der Waals surface area contributed by atoms with Crippen molar-refractivity contribution in [3.63, 3.8) is 0 Å². The average Bonchev–Trinajstić information content (AvgIpc) is 2.48. The topological polar surface area (TPSA) is 44.8 Å². The van der Waals surface area contributed by atoms with E-state index in [0.717, 1.165) is 44.1 Å². The van der Waals surface area contributed by atoms with Gasteiger partial charge in [0.15, 0.2) is 5.11 Å². The number of likely N-dealkylation sites (tertiary alicyclic amines) is 1. The Bertz CT molecular complexity index is 322. The molecule has 6 heteroatoms. The Hall–Kier alpha value is -0.880. The number of amides is 1. The van der Waals surface area contributed by atoms with Crippen LogP contribution in [0.1, 0.15) is 26.7 Å². The van der Waals surface area contributed by atoms with E-state index in [2.05, 4.69) is 10.2 Å². The fourth-order valence-electron chi connectivity index (χ4n) is 2.53. The Morgan fingerprint density at radius 3 is 2.75 bits per heavy atom. The lowest BCUT2D eigenvalue weighted by Gasteiger charge is -2.36. The van der Waals surface area contributed by atoms with Crippen LogP contribution in [-0.2, 0) is 9.53 Å². The van der Waals surface area contributed by atoms with E-state index in [1.165, 1.54) is 0 Å². The summed E-state index contributed by atoms with van der Waals surface area (Å²) in [4.78, 5) is 16.4. The summed E-state index contributed by atoms with van der Waals surface area (Å²) >= 11 is 5.38. The minimum atomic E-state index is 0.0748. The van der Waals surface area contributed by atoms with Crippen molar-refractivity contribution in [3.05, 3.63) is 0 Å². The van der Waals surface area contributed by atoms with Gasteiger partial charge >= 0.3 is 0 Å². The zero-order chi connectivity index (χ0) is 15.0. The molecule has 0 aromatic heterocycles. The molecule has 5 nitrogen and oxygen atoms in total. The molecule has 0 spiro atoms. The van der Waals surface area contributed by atoms with E-state index in [4.69, 9.17) is 17.0 Å². The van der Waals surface area contributed by atoms with E-state index in [1.807, 2.05) is 18.7 Å². The predicted molar refractivity (Wildman–Crippen MR) is 84.7 cm³/mol. The van der Waals surface area contributed by atoms with Crippen LogP contribution in [0.15, 0.2) is 0 Å². The van der Waals surface area contributed by atoms with Crippen molar-refractivity contribution in [2.75, 3.05) is 46.4 Å². The van der Waals surface area contributed by atoms with Gasteiger partial charge in [-0.2, -0.15) is 0 Å². The highest BCUT2D eigenvalue weighted by molar-refractivity contribution is 7.80.